The van der Waals surface area contributed by atoms with Gasteiger partial charge in [-0.1, -0.05) is 6.07 Å². The number of nitrogens with one attached hydrogen (secondary N) is 1. The third-order valence-electron chi connectivity index (χ3n) is 3.59. The quantitative estimate of drug-likeness (QED) is 0.814. The number of nitrogen functional groups attached to an aromatic ring is 1. The van der Waals surface area contributed by atoms with Crippen molar-refractivity contribution >= 4 is 16.6 Å². The van der Waals surface area contributed by atoms with Crippen molar-refractivity contribution in [3.8, 4) is 5.75 Å². The lowest BCUT2D eigenvalue weighted by Gasteiger charge is -2.15. The summed E-state index contributed by atoms with van der Waals surface area (Å²) in [4.78, 5) is 3.50. The third kappa shape index (κ3) is 1.54. The Morgan fingerprint density at radius 3 is 2.88 bits per heavy atom. The van der Waals surface area contributed by atoms with E-state index in [1.54, 1.807) is 7.11 Å². The zero-order chi connectivity index (χ0) is 11.8. The number of hydrogen-bond donors (Lipinski definition) is 1. The average molecular weight is 229 g/mol. The maximum absolute atomic E-state index is 6.32. The van der Waals surface area contributed by atoms with Crippen LogP contribution in [0.1, 0.15) is 24.1 Å². The van der Waals surface area contributed by atoms with Crippen molar-refractivity contribution in [2.24, 2.45) is 0 Å². The molecule has 3 nitrogen and oxygen atoms in total. The number of hydrogen-bond acceptors (Lipinski definition) is 2. The molecule has 1 aromatic carbocycles. The zero-order valence-corrected chi connectivity index (χ0v) is 10.0. The molecule has 0 bridgehead atoms. The number of aromatic amines is 1. The van der Waals surface area contributed by atoms with Crippen LogP contribution in [0.25, 0.3) is 10.9 Å². The summed E-state index contributed by atoms with van der Waals surface area (Å²) < 4.78 is 5.40. The number of ether oxygens (including phenoxy) is 1. The van der Waals surface area contributed by atoms with Crippen LogP contribution in [-0.4, -0.2) is 7.11 Å². The van der Waals surface area contributed by atoms with Gasteiger partial charge < -0.3 is 10.5 Å². The summed E-state index contributed by atoms with van der Waals surface area (Å²) in [6, 6.07) is 6.01. The van der Waals surface area contributed by atoms with Crippen molar-refractivity contribution in [2.75, 3.05) is 12.8 Å². The van der Waals surface area contributed by atoms with E-state index in [-0.39, 0.29) is 0 Å². The molecule has 1 aromatic heterocycles. The Hall–Kier alpha value is -1.77. The van der Waals surface area contributed by atoms with E-state index in [9.17, 15) is 0 Å². The Morgan fingerprint density at radius 1 is 1.24 bits per heavy atom. The lowest BCUT2D eigenvalue weighted by molar-refractivity contribution is -0.359. The first-order valence-corrected chi connectivity index (χ1v) is 6.10. The van der Waals surface area contributed by atoms with E-state index in [1.165, 1.54) is 24.1 Å². The second-order valence-corrected chi connectivity index (χ2v) is 4.59. The third-order valence-corrected chi connectivity index (χ3v) is 3.59. The van der Waals surface area contributed by atoms with Crippen molar-refractivity contribution in [3.05, 3.63) is 29.5 Å². The zero-order valence-electron chi connectivity index (χ0n) is 10.0. The van der Waals surface area contributed by atoms with E-state index in [4.69, 9.17) is 10.5 Å². The molecule has 3 heteroatoms. The molecule has 88 valence electrons. The minimum atomic E-state index is 0.852. The molecular weight excluding hydrogens is 212 g/mol. The predicted molar refractivity (Wildman–Crippen MR) is 68.1 cm³/mol. The number of methoxy groups -OCH3 is 1. The fourth-order valence-corrected chi connectivity index (χ4v) is 2.74. The predicted octanol–water partition coefficient (Wildman–Crippen LogP) is 2.12. The number of fused-ring (bicyclic) bond motifs is 2. The van der Waals surface area contributed by atoms with Crippen molar-refractivity contribution in [1.82, 2.24) is 0 Å². The van der Waals surface area contributed by atoms with Gasteiger partial charge in [0.1, 0.15) is 11.1 Å². The van der Waals surface area contributed by atoms with Crippen LogP contribution in [0.4, 0.5) is 5.69 Å². The lowest BCUT2D eigenvalue weighted by atomic mass is 9.93. The molecule has 17 heavy (non-hydrogen) atoms. The fraction of sp³-hybridized carbons (Fsp3) is 0.357. The van der Waals surface area contributed by atoms with Crippen LogP contribution >= 0.6 is 0 Å². The second kappa shape index (κ2) is 3.91. The van der Waals surface area contributed by atoms with Crippen LogP contribution in [0.2, 0.25) is 0 Å². The van der Waals surface area contributed by atoms with Gasteiger partial charge in [0, 0.05) is 18.1 Å². The molecule has 0 spiro atoms. The molecule has 1 aliphatic rings. The summed E-state index contributed by atoms with van der Waals surface area (Å²) in [6.07, 6.45) is 4.66. The normalized spacial score (nSPS) is 14.6. The molecule has 0 aliphatic heterocycles. The van der Waals surface area contributed by atoms with Crippen LogP contribution in [0.5, 0.6) is 5.75 Å². The fourth-order valence-electron chi connectivity index (χ4n) is 2.74. The molecule has 0 fully saturated rings. The molecule has 2 aromatic rings. The first-order chi connectivity index (χ1) is 8.31. The molecular formula is C14H17N2O+. The van der Waals surface area contributed by atoms with Gasteiger partial charge in [0.05, 0.1) is 12.8 Å². The van der Waals surface area contributed by atoms with E-state index in [1.807, 2.05) is 12.1 Å². The second-order valence-electron chi connectivity index (χ2n) is 4.59. The SMILES string of the molecule is COc1cccc2[nH+]c3c(c(N)c12)CCCC3. The average Bonchev–Trinajstić information content (AvgIpc) is 2.38. The Balaban J connectivity index is 2.36. The van der Waals surface area contributed by atoms with Gasteiger partial charge in [-0.3, -0.25) is 0 Å². The first kappa shape index (κ1) is 10.4. The molecule has 0 atom stereocenters. The minimum Gasteiger partial charge on any atom is -0.496 e. The van der Waals surface area contributed by atoms with Gasteiger partial charge in [-0.05, 0) is 25.3 Å². The van der Waals surface area contributed by atoms with Crippen LogP contribution in [0, 0.1) is 0 Å². The standard InChI is InChI=1S/C14H16N2O/c1-17-12-8-4-7-11-13(12)14(15)9-5-2-3-6-10(9)16-11/h4,7-8H,2-3,5-6H2,1H3,(H2,15,16)/p+1. The number of aromatic nitrogens is 1. The van der Waals surface area contributed by atoms with Gasteiger partial charge in [0.25, 0.3) is 0 Å². The smallest absolute Gasteiger partial charge is 0.216 e. The van der Waals surface area contributed by atoms with Crippen LogP contribution < -0.4 is 15.5 Å². The molecule has 1 aliphatic carbocycles. The summed E-state index contributed by atoms with van der Waals surface area (Å²) in [7, 11) is 1.69. The highest BCUT2D eigenvalue weighted by Gasteiger charge is 2.22. The molecule has 3 N–H and O–H groups in total. The summed E-state index contributed by atoms with van der Waals surface area (Å²) in [5, 5.41) is 1.02. The summed E-state index contributed by atoms with van der Waals surface area (Å²) in [5.74, 6) is 0.852. The number of benzene rings is 1. The molecule has 0 unspecified atom stereocenters. The van der Waals surface area contributed by atoms with Crippen molar-refractivity contribution in [3.63, 3.8) is 0 Å². The Morgan fingerprint density at radius 2 is 2.06 bits per heavy atom. The molecule has 1 heterocycles. The maximum atomic E-state index is 6.32. The number of pyridine rings is 1. The summed E-state index contributed by atoms with van der Waals surface area (Å²) in [6.45, 7) is 0. The number of aryl methyl sites for hydroxylation is 1. The maximum Gasteiger partial charge on any atom is 0.216 e. The summed E-state index contributed by atoms with van der Waals surface area (Å²) in [5.41, 5.74) is 10.9. The van der Waals surface area contributed by atoms with E-state index in [0.717, 1.165) is 35.2 Å². The lowest BCUT2D eigenvalue weighted by Crippen LogP contribution is -2.21. The van der Waals surface area contributed by atoms with E-state index in [0.29, 0.717) is 0 Å². The van der Waals surface area contributed by atoms with Gasteiger partial charge in [-0.25, -0.2) is 4.98 Å². The minimum absolute atomic E-state index is 0.852. The van der Waals surface area contributed by atoms with E-state index < -0.39 is 0 Å². The highest BCUT2D eigenvalue weighted by atomic mass is 16.5. The van der Waals surface area contributed by atoms with Crippen LogP contribution in [0.3, 0.4) is 0 Å². The first-order valence-electron chi connectivity index (χ1n) is 6.10. The van der Waals surface area contributed by atoms with Crippen molar-refractivity contribution in [1.29, 1.82) is 0 Å². The Bertz CT molecular complexity index is 578. The monoisotopic (exact) mass is 229 g/mol. The van der Waals surface area contributed by atoms with Crippen LogP contribution in [-0.2, 0) is 12.8 Å². The number of H-pyrrole nitrogens is 1. The van der Waals surface area contributed by atoms with Crippen molar-refractivity contribution < 1.29 is 9.72 Å². The highest BCUT2D eigenvalue weighted by Crippen LogP contribution is 2.34. The van der Waals surface area contributed by atoms with E-state index in [2.05, 4.69) is 11.1 Å². The Kier molecular flexibility index (Phi) is 2.39. The molecule has 0 amide bonds. The van der Waals surface area contributed by atoms with Crippen LogP contribution in [0.15, 0.2) is 18.2 Å². The molecule has 0 saturated carbocycles. The topological polar surface area (TPSA) is 49.4 Å². The largest absolute Gasteiger partial charge is 0.496 e. The van der Waals surface area contributed by atoms with Gasteiger partial charge in [0.15, 0.2) is 5.69 Å². The van der Waals surface area contributed by atoms with Crippen molar-refractivity contribution in [2.45, 2.75) is 25.7 Å². The highest BCUT2D eigenvalue weighted by molar-refractivity contribution is 5.95. The molecule has 0 saturated heterocycles. The van der Waals surface area contributed by atoms with E-state index >= 15 is 0 Å². The van der Waals surface area contributed by atoms with Gasteiger partial charge in [0.2, 0.25) is 5.52 Å². The van der Waals surface area contributed by atoms with Gasteiger partial charge in [-0.15, -0.1) is 0 Å². The van der Waals surface area contributed by atoms with Gasteiger partial charge >= 0.3 is 0 Å². The number of anilines is 1. The Labute approximate surface area is 101 Å². The van der Waals surface area contributed by atoms with Gasteiger partial charge in [-0.2, -0.15) is 0 Å². The number of rotatable bonds is 1. The molecule has 0 radical (unpaired) electrons. The summed E-state index contributed by atoms with van der Waals surface area (Å²) >= 11 is 0. The number of nitrogens with two attached hydrogens (primary N) is 1. The molecule has 3 rings (SSSR count).